The molecule has 0 radical (unpaired) electrons. The molecule has 4 nitrogen and oxygen atoms in total. The third-order valence-electron chi connectivity index (χ3n) is 4.78. The molecule has 1 heterocycles. The van der Waals surface area contributed by atoms with Crippen LogP contribution in [0.5, 0.6) is 0 Å². The fourth-order valence-electron chi connectivity index (χ4n) is 3.54. The summed E-state index contributed by atoms with van der Waals surface area (Å²) in [6.45, 7) is 4.13. The van der Waals surface area contributed by atoms with Crippen molar-refractivity contribution in [2.75, 3.05) is 20.2 Å². The van der Waals surface area contributed by atoms with E-state index in [1.807, 2.05) is 0 Å². The van der Waals surface area contributed by atoms with Gasteiger partial charge in [-0.1, -0.05) is 6.92 Å². The van der Waals surface area contributed by atoms with Crippen molar-refractivity contribution in [2.45, 2.75) is 45.1 Å². The predicted molar refractivity (Wildman–Crippen MR) is 72.2 cm³/mol. The van der Waals surface area contributed by atoms with Gasteiger partial charge in [0.25, 0.3) is 0 Å². The van der Waals surface area contributed by atoms with E-state index in [9.17, 15) is 10.1 Å². The number of hydrogen-bond acceptors (Lipinski definition) is 4. The van der Waals surface area contributed by atoms with Crippen LogP contribution in [-0.2, 0) is 9.53 Å². The second kappa shape index (κ2) is 6.38. The van der Waals surface area contributed by atoms with Crippen LogP contribution in [0.2, 0.25) is 0 Å². The molecule has 0 N–H and O–H groups in total. The third kappa shape index (κ3) is 3.27. The second-order valence-electron chi connectivity index (χ2n) is 6.05. The van der Waals surface area contributed by atoms with E-state index in [1.54, 1.807) is 0 Å². The minimum Gasteiger partial charge on any atom is -0.469 e. The number of nitriles is 1. The Bertz CT molecular complexity index is 356. The minimum absolute atomic E-state index is 0.0581. The predicted octanol–water partition coefficient (Wildman–Crippen LogP) is 2.20. The molecule has 3 atom stereocenters. The molecule has 1 aliphatic heterocycles. The van der Waals surface area contributed by atoms with Crippen molar-refractivity contribution in [1.82, 2.24) is 4.90 Å². The van der Waals surface area contributed by atoms with E-state index in [-0.39, 0.29) is 17.8 Å². The Morgan fingerprint density at radius 2 is 1.95 bits per heavy atom. The number of methoxy groups -OCH3 is 1. The first kappa shape index (κ1) is 14.3. The van der Waals surface area contributed by atoms with Gasteiger partial charge in [-0.05, 0) is 51.1 Å². The van der Waals surface area contributed by atoms with Crippen LogP contribution in [0.25, 0.3) is 0 Å². The van der Waals surface area contributed by atoms with Gasteiger partial charge in [-0.3, -0.25) is 9.69 Å². The van der Waals surface area contributed by atoms with Gasteiger partial charge >= 0.3 is 5.97 Å². The smallest absolute Gasteiger partial charge is 0.308 e. The van der Waals surface area contributed by atoms with Crippen LogP contribution < -0.4 is 0 Å². The fraction of sp³-hybridized carbons (Fsp3) is 0.867. The highest BCUT2D eigenvalue weighted by Crippen LogP contribution is 2.34. The number of nitrogens with zero attached hydrogens (tertiary/aromatic N) is 2. The Morgan fingerprint density at radius 1 is 1.26 bits per heavy atom. The number of esters is 1. The average molecular weight is 264 g/mol. The number of likely N-dealkylation sites (tertiary alicyclic amines) is 1. The SMILES string of the molecule is COC(=O)C1CCN(C2CC(C)CCC2C#N)CC1. The van der Waals surface area contributed by atoms with Crippen molar-refractivity contribution in [2.24, 2.45) is 17.8 Å². The summed E-state index contributed by atoms with van der Waals surface area (Å²) >= 11 is 0. The van der Waals surface area contributed by atoms with Crippen molar-refractivity contribution in [3.63, 3.8) is 0 Å². The molecule has 0 amide bonds. The minimum atomic E-state index is -0.0755. The first-order valence-corrected chi connectivity index (χ1v) is 7.37. The number of hydrogen-bond donors (Lipinski definition) is 0. The van der Waals surface area contributed by atoms with E-state index in [4.69, 9.17) is 4.74 Å². The number of ether oxygens (including phenoxy) is 1. The molecule has 3 unspecified atom stereocenters. The standard InChI is InChI=1S/C15H24N2O2/c1-11-3-4-13(10-16)14(9-11)17-7-5-12(6-8-17)15(18)19-2/h11-14H,3-9H2,1-2H3. The fourth-order valence-corrected chi connectivity index (χ4v) is 3.54. The molecule has 2 fully saturated rings. The maximum absolute atomic E-state index is 11.5. The van der Waals surface area contributed by atoms with E-state index < -0.39 is 0 Å². The molecule has 0 aromatic carbocycles. The quantitative estimate of drug-likeness (QED) is 0.717. The monoisotopic (exact) mass is 264 g/mol. The number of carbonyl (C=O) groups excluding carboxylic acids is 1. The van der Waals surface area contributed by atoms with E-state index in [1.165, 1.54) is 13.5 Å². The van der Waals surface area contributed by atoms with Crippen molar-refractivity contribution >= 4 is 5.97 Å². The van der Waals surface area contributed by atoms with Crippen molar-refractivity contribution in [1.29, 1.82) is 5.26 Å². The maximum atomic E-state index is 11.5. The van der Waals surface area contributed by atoms with Gasteiger partial charge in [-0.2, -0.15) is 5.26 Å². The van der Waals surface area contributed by atoms with Gasteiger partial charge in [0.1, 0.15) is 0 Å². The first-order chi connectivity index (χ1) is 9.15. The Balaban J connectivity index is 1.92. The highest BCUT2D eigenvalue weighted by Gasteiger charge is 2.36. The molecule has 1 saturated carbocycles. The van der Waals surface area contributed by atoms with Crippen molar-refractivity contribution < 1.29 is 9.53 Å². The summed E-state index contributed by atoms with van der Waals surface area (Å²) in [5, 5.41) is 9.31. The summed E-state index contributed by atoms with van der Waals surface area (Å²) in [5.74, 6) is 0.870. The van der Waals surface area contributed by atoms with E-state index in [2.05, 4.69) is 17.9 Å². The first-order valence-electron chi connectivity index (χ1n) is 7.37. The molecule has 0 bridgehead atoms. The van der Waals surface area contributed by atoms with Gasteiger partial charge in [-0.25, -0.2) is 0 Å². The summed E-state index contributed by atoms with van der Waals surface area (Å²) in [4.78, 5) is 14.0. The van der Waals surface area contributed by atoms with Gasteiger partial charge < -0.3 is 4.74 Å². The van der Waals surface area contributed by atoms with Crippen LogP contribution >= 0.6 is 0 Å². The van der Waals surface area contributed by atoms with E-state index >= 15 is 0 Å². The lowest BCUT2D eigenvalue weighted by Gasteiger charge is -2.42. The largest absolute Gasteiger partial charge is 0.469 e. The molecule has 0 aromatic heterocycles. The molecule has 2 aliphatic rings. The molecule has 19 heavy (non-hydrogen) atoms. The zero-order chi connectivity index (χ0) is 13.8. The van der Waals surface area contributed by atoms with Crippen molar-refractivity contribution in [3.8, 4) is 6.07 Å². The molecule has 1 aliphatic carbocycles. The number of rotatable bonds is 2. The summed E-state index contributed by atoms with van der Waals surface area (Å²) in [6, 6.07) is 2.88. The second-order valence-corrected chi connectivity index (χ2v) is 6.05. The normalized spacial score (nSPS) is 33.6. The summed E-state index contributed by atoms with van der Waals surface area (Å²) < 4.78 is 4.82. The van der Waals surface area contributed by atoms with Gasteiger partial charge in [-0.15, -0.1) is 0 Å². The average Bonchev–Trinajstić information content (AvgIpc) is 2.46. The van der Waals surface area contributed by atoms with Gasteiger partial charge in [0.05, 0.1) is 25.0 Å². The maximum Gasteiger partial charge on any atom is 0.308 e. The zero-order valence-electron chi connectivity index (χ0n) is 12.0. The third-order valence-corrected chi connectivity index (χ3v) is 4.78. The lowest BCUT2D eigenvalue weighted by Crippen LogP contribution is -2.48. The van der Waals surface area contributed by atoms with Crippen LogP contribution in [-0.4, -0.2) is 37.1 Å². The van der Waals surface area contributed by atoms with Crippen LogP contribution in [0.4, 0.5) is 0 Å². The summed E-state index contributed by atoms with van der Waals surface area (Å²) in [6.07, 6.45) is 5.07. The molecule has 2 rings (SSSR count). The Hall–Kier alpha value is -1.08. The highest BCUT2D eigenvalue weighted by molar-refractivity contribution is 5.72. The zero-order valence-corrected chi connectivity index (χ0v) is 12.0. The lowest BCUT2D eigenvalue weighted by atomic mass is 9.78. The molecular weight excluding hydrogens is 240 g/mol. The van der Waals surface area contributed by atoms with Crippen LogP contribution in [0, 0.1) is 29.1 Å². The molecule has 0 spiro atoms. The van der Waals surface area contributed by atoms with Crippen LogP contribution in [0.3, 0.4) is 0 Å². The number of piperidine rings is 1. The number of carbonyl (C=O) groups is 1. The van der Waals surface area contributed by atoms with Gasteiger partial charge in [0.15, 0.2) is 0 Å². The molecule has 0 aromatic rings. The van der Waals surface area contributed by atoms with Crippen LogP contribution in [0.1, 0.15) is 39.0 Å². The van der Waals surface area contributed by atoms with Gasteiger partial charge in [0, 0.05) is 6.04 Å². The molecule has 1 saturated heterocycles. The molecular formula is C15H24N2O2. The van der Waals surface area contributed by atoms with E-state index in [0.29, 0.717) is 12.0 Å². The summed E-state index contributed by atoms with van der Waals surface area (Å²) in [5.41, 5.74) is 0. The highest BCUT2D eigenvalue weighted by atomic mass is 16.5. The Kier molecular flexibility index (Phi) is 4.81. The van der Waals surface area contributed by atoms with E-state index in [0.717, 1.165) is 38.8 Å². The summed E-state index contributed by atoms with van der Waals surface area (Å²) in [7, 11) is 1.46. The molecule has 106 valence electrons. The topological polar surface area (TPSA) is 53.3 Å². The Morgan fingerprint density at radius 3 is 2.53 bits per heavy atom. The van der Waals surface area contributed by atoms with Gasteiger partial charge in [0.2, 0.25) is 0 Å². The molecule has 4 heteroatoms. The Labute approximate surface area is 115 Å². The van der Waals surface area contributed by atoms with Crippen LogP contribution in [0.15, 0.2) is 0 Å². The lowest BCUT2D eigenvalue weighted by molar-refractivity contribution is -0.147. The van der Waals surface area contributed by atoms with Crippen molar-refractivity contribution in [3.05, 3.63) is 0 Å².